The second-order valence-electron chi connectivity index (χ2n) is 5.58. The van der Waals surface area contributed by atoms with E-state index < -0.39 is 0 Å². The van der Waals surface area contributed by atoms with Crippen molar-refractivity contribution in [1.82, 2.24) is 0 Å². The van der Waals surface area contributed by atoms with E-state index in [4.69, 9.17) is 4.74 Å². The monoisotopic (exact) mass is 348 g/mol. The molecule has 0 atom stereocenters. The lowest BCUT2D eigenvalue weighted by Gasteiger charge is -2.06. The molecule has 1 aromatic heterocycles. The predicted octanol–water partition coefficient (Wildman–Crippen LogP) is 5.44. The van der Waals surface area contributed by atoms with Crippen LogP contribution in [0.4, 0.5) is 0 Å². The molecule has 0 fully saturated rings. The number of carbonyl (C=O) groups excluding carboxylic acids is 1. The van der Waals surface area contributed by atoms with Crippen molar-refractivity contribution in [3.05, 3.63) is 93.7 Å². The van der Waals surface area contributed by atoms with E-state index in [1.807, 2.05) is 49.4 Å². The van der Waals surface area contributed by atoms with E-state index in [9.17, 15) is 4.79 Å². The highest BCUT2D eigenvalue weighted by atomic mass is 32.1. The summed E-state index contributed by atoms with van der Waals surface area (Å²) in [5.41, 5.74) is 3.48. The van der Waals surface area contributed by atoms with Gasteiger partial charge in [-0.1, -0.05) is 60.7 Å². The number of rotatable bonds is 6. The molecular weight excluding hydrogens is 328 g/mol. The van der Waals surface area contributed by atoms with Crippen molar-refractivity contribution >= 4 is 29.0 Å². The first-order valence-corrected chi connectivity index (χ1v) is 9.15. The Bertz CT molecular complexity index is 848. The maximum absolute atomic E-state index is 11.7. The second-order valence-corrected chi connectivity index (χ2v) is 6.75. The smallest absolute Gasteiger partial charge is 0.311 e. The van der Waals surface area contributed by atoms with Crippen LogP contribution >= 0.6 is 11.3 Å². The highest BCUT2D eigenvalue weighted by molar-refractivity contribution is 7.13. The van der Waals surface area contributed by atoms with E-state index in [1.54, 1.807) is 11.3 Å². The zero-order valence-corrected chi connectivity index (χ0v) is 15.0. The van der Waals surface area contributed by atoms with Crippen LogP contribution in [0.25, 0.3) is 11.6 Å². The normalized spacial score (nSPS) is 11.3. The van der Waals surface area contributed by atoms with Crippen molar-refractivity contribution in [3.8, 4) is 0 Å². The van der Waals surface area contributed by atoms with Gasteiger partial charge in [0.25, 0.3) is 0 Å². The van der Waals surface area contributed by atoms with Crippen LogP contribution in [0.15, 0.2) is 72.8 Å². The highest BCUT2D eigenvalue weighted by Gasteiger charge is 2.11. The van der Waals surface area contributed by atoms with Crippen LogP contribution < -0.4 is 0 Å². The number of hydrogen-bond donors (Lipinski definition) is 0. The van der Waals surface area contributed by atoms with Crippen LogP contribution in [-0.2, 0) is 16.0 Å². The third-order valence-corrected chi connectivity index (χ3v) is 4.86. The number of carbonyl (C=O) groups is 1. The zero-order chi connectivity index (χ0) is 17.5. The van der Waals surface area contributed by atoms with Gasteiger partial charge in [0.05, 0.1) is 13.0 Å². The van der Waals surface area contributed by atoms with Crippen molar-refractivity contribution < 1.29 is 9.53 Å². The zero-order valence-electron chi connectivity index (χ0n) is 14.1. The number of esters is 1. The van der Waals surface area contributed by atoms with Crippen molar-refractivity contribution in [1.29, 1.82) is 0 Å². The minimum absolute atomic E-state index is 0.177. The molecule has 0 aliphatic carbocycles. The maximum atomic E-state index is 11.7. The van der Waals surface area contributed by atoms with Gasteiger partial charge in [-0.3, -0.25) is 4.79 Å². The molecule has 0 radical (unpaired) electrons. The summed E-state index contributed by atoms with van der Waals surface area (Å²) in [5.74, 6) is -0.177. The Kier molecular flexibility index (Phi) is 5.81. The van der Waals surface area contributed by atoms with E-state index in [-0.39, 0.29) is 5.97 Å². The van der Waals surface area contributed by atoms with E-state index in [1.165, 1.54) is 0 Å². The second kappa shape index (κ2) is 8.45. The molecule has 126 valence electrons. The Hall–Kier alpha value is -2.65. The third-order valence-electron chi connectivity index (χ3n) is 3.75. The molecule has 25 heavy (non-hydrogen) atoms. The Morgan fingerprint density at radius 2 is 1.64 bits per heavy atom. The summed E-state index contributed by atoms with van der Waals surface area (Å²) in [5, 5.41) is 0. The molecule has 0 saturated heterocycles. The first-order valence-electron chi connectivity index (χ1n) is 8.33. The molecule has 3 aromatic rings. The average Bonchev–Trinajstić information content (AvgIpc) is 3.09. The summed E-state index contributed by atoms with van der Waals surface area (Å²) < 4.78 is 5.05. The molecule has 2 aromatic carbocycles. The fraction of sp³-hybridized carbons (Fsp3) is 0.136. The summed E-state index contributed by atoms with van der Waals surface area (Å²) in [6, 6.07) is 24.7. The minimum atomic E-state index is -0.177. The largest absolute Gasteiger partial charge is 0.466 e. The van der Waals surface area contributed by atoms with Crippen molar-refractivity contribution in [2.24, 2.45) is 0 Å². The molecule has 3 heteroatoms. The van der Waals surface area contributed by atoms with Gasteiger partial charge < -0.3 is 4.74 Å². The highest BCUT2D eigenvalue weighted by Crippen LogP contribution is 2.31. The molecule has 0 unspecified atom stereocenters. The fourth-order valence-corrected chi connectivity index (χ4v) is 3.63. The van der Waals surface area contributed by atoms with Crippen molar-refractivity contribution in [3.63, 3.8) is 0 Å². The van der Waals surface area contributed by atoms with Gasteiger partial charge in [0.15, 0.2) is 0 Å². The average molecular weight is 348 g/mol. The van der Waals surface area contributed by atoms with Crippen LogP contribution in [0.3, 0.4) is 0 Å². The molecule has 0 aliphatic rings. The summed E-state index contributed by atoms with van der Waals surface area (Å²) in [7, 11) is 0. The topological polar surface area (TPSA) is 26.3 Å². The number of thiophene rings is 1. The van der Waals surface area contributed by atoms with E-state index >= 15 is 0 Å². The SMILES string of the molecule is CCOC(=O)Cc1ccc(/C(=C/c2ccccc2)c2ccccc2)s1. The van der Waals surface area contributed by atoms with Crippen LogP contribution in [0.5, 0.6) is 0 Å². The van der Waals surface area contributed by atoms with Gasteiger partial charge in [0.2, 0.25) is 0 Å². The lowest BCUT2D eigenvalue weighted by atomic mass is 10.0. The Morgan fingerprint density at radius 3 is 2.32 bits per heavy atom. The van der Waals surface area contributed by atoms with E-state index in [0.29, 0.717) is 13.0 Å². The van der Waals surface area contributed by atoms with Crippen LogP contribution in [0.1, 0.15) is 27.8 Å². The van der Waals surface area contributed by atoms with Crippen molar-refractivity contribution in [2.75, 3.05) is 6.61 Å². The third kappa shape index (κ3) is 4.68. The van der Waals surface area contributed by atoms with Gasteiger partial charge in [-0.15, -0.1) is 11.3 Å². The van der Waals surface area contributed by atoms with Gasteiger partial charge in [-0.2, -0.15) is 0 Å². The molecule has 0 N–H and O–H groups in total. The first-order chi connectivity index (χ1) is 12.3. The fourth-order valence-electron chi connectivity index (χ4n) is 2.60. The van der Waals surface area contributed by atoms with Gasteiger partial charge >= 0.3 is 5.97 Å². The van der Waals surface area contributed by atoms with E-state index in [2.05, 4.69) is 36.4 Å². The molecule has 0 aliphatic heterocycles. The molecule has 0 bridgehead atoms. The molecule has 0 amide bonds. The summed E-state index contributed by atoms with van der Waals surface area (Å²) >= 11 is 1.64. The van der Waals surface area contributed by atoms with Crippen LogP contribution in [-0.4, -0.2) is 12.6 Å². The molecule has 0 saturated carbocycles. The number of ether oxygens (including phenoxy) is 1. The first kappa shape index (κ1) is 17.2. The van der Waals surface area contributed by atoms with Crippen molar-refractivity contribution in [2.45, 2.75) is 13.3 Å². The van der Waals surface area contributed by atoms with Crippen LogP contribution in [0, 0.1) is 0 Å². The number of hydrogen-bond acceptors (Lipinski definition) is 3. The Balaban J connectivity index is 1.94. The summed E-state index contributed by atoms with van der Waals surface area (Å²) in [6.07, 6.45) is 2.52. The quantitative estimate of drug-likeness (QED) is 0.438. The van der Waals surface area contributed by atoms with E-state index in [0.717, 1.165) is 26.5 Å². The minimum Gasteiger partial charge on any atom is -0.466 e. The van der Waals surface area contributed by atoms with Gasteiger partial charge in [0.1, 0.15) is 0 Å². The van der Waals surface area contributed by atoms with Crippen LogP contribution in [0.2, 0.25) is 0 Å². The standard InChI is InChI=1S/C22H20O2S/c1-2-24-22(23)16-19-13-14-21(25-19)20(18-11-7-4-8-12-18)15-17-9-5-3-6-10-17/h3-15H,2,16H2,1H3/b20-15+. The Labute approximate surface area is 152 Å². The number of benzene rings is 2. The summed E-state index contributed by atoms with van der Waals surface area (Å²) in [4.78, 5) is 13.9. The predicted molar refractivity (Wildman–Crippen MR) is 105 cm³/mol. The Morgan fingerprint density at radius 1 is 0.960 bits per heavy atom. The van der Waals surface area contributed by atoms with Gasteiger partial charge in [-0.05, 0) is 41.8 Å². The van der Waals surface area contributed by atoms with Gasteiger partial charge in [0, 0.05) is 9.75 Å². The maximum Gasteiger partial charge on any atom is 0.311 e. The molecule has 3 rings (SSSR count). The van der Waals surface area contributed by atoms with Gasteiger partial charge in [-0.25, -0.2) is 0 Å². The molecule has 1 heterocycles. The lowest BCUT2D eigenvalue weighted by molar-refractivity contribution is -0.142. The molecular formula is C22H20O2S. The molecule has 2 nitrogen and oxygen atoms in total. The lowest BCUT2D eigenvalue weighted by Crippen LogP contribution is -2.06. The molecule has 0 spiro atoms. The summed E-state index contributed by atoms with van der Waals surface area (Å²) in [6.45, 7) is 2.24.